The Balaban J connectivity index is -0.0000191. The van der Waals surface area contributed by atoms with E-state index in [1.807, 2.05) is 0 Å². The molecule has 0 aliphatic carbocycles. The number of esters is 4. The average Bonchev–Trinajstić information content (AvgIpc) is 0.912. The van der Waals surface area contributed by atoms with E-state index in [4.69, 9.17) is 46.5 Å². The van der Waals surface area contributed by atoms with Crippen molar-refractivity contribution in [2.75, 3.05) is 65.9 Å². The van der Waals surface area contributed by atoms with Crippen LogP contribution < -0.4 is 79.5 Å². The van der Waals surface area contributed by atoms with Gasteiger partial charge in [-0.1, -0.05) is 306 Å². The fourth-order valence-electron chi connectivity index (χ4n) is 12.6. The molecule has 0 aromatic rings. The molecule has 0 spiro atoms. The zero-order valence-corrected chi connectivity index (χ0v) is 76.7. The number of carbonyl (C=O) groups excluding carboxylic acids is 7. The van der Waals surface area contributed by atoms with E-state index in [1.54, 1.807) is 0 Å². The van der Waals surface area contributed by atoms with Crippen LogP contribution in [0, 0.1) is 0 Å². The molecule has 2 N–H and O–H groups in total. The maximum absolute atomic E-state index is 13.1. The van der Waals surface area contributed by atoms with Crippen LogP contribution in [0.15, 0.2) is 0 Å². The molecule has 23 nitrogen and oxygen atoms in total. The van der Waals surface area contributed by atoms with Gasteiger partial charge >= 0.3 is 89.0 Å². The number of ether oxygens (including phenoxy) is 6. The van der Waals surface area contributed by atoms with Gasteiger partial charge in [0.2, 0.25) is 0 Å². The average molecular weight is 1640 g/mol. The van der Waals surface area contributed by atoms with E-state index in [1.165, 1.54) is 116 Å². The van der Waals surface area contributed by atoms with Crippen molar-refractivity contribution in [3.05, 3.63) is 0 Å². The van der Waals surface area contributed by atoms with Gasteiger partial charge in [0.05, 0.1) is 52.9 Å². The minimum atomic E-state index is -5.10. The fourth-order valence-corrected chi connectivity index (χ4v) is 14.0. The van der Waals surface area contributed by atoms with Gasteiger partial charge in [0, 0.05) is 51.6 Å². The summed E-state index contributed by atoms with van der Waals surface area (Å²) in [6.07, 6.45) is 48.4. The number of Topliss-reactive ketones (excluding diaryl/α,β-unsaturated/α-hetero) is 2. The van der Waals surface area contributed by atoms with E-state index >= 15 is 0 Å². The third-order valence-corrected chi connectivity index (χ3v) is 21.0. The summed E-state index contributed by atoms with van der Waals surface area (Å²) < 4.78 is 81.2. The van der Waals surface area contributed by atoms with Gasteiger partial charge in [-0.15, -0.1) is 0 Å². The summed E-state index contributed by atoms with van der Waals surface area (Å²) in [7, 11) is -10.2. The van der Waals surface area contributed by atoms with Crippen molar-refractivity contribution in [3.8, 4) is 0 Å². The smallest absolute Gasteiger partial charge is 0.756 e. The standard InChI is InChI=1S/C83H158N2O21P2.CH4.2Na/c1-7-13-19-25-29-33-37-43-47-53-73(86)67-81(90)105-77(69-97-63-59-75(55-49-41-23-17-11-5)103-79(88)57-51-45-39-35-31-27-21-15-9-3)71-101-107(93,94)99-65-61-84-83(92)85-62-66-100-108(95,96)102-72-78(106-82(91)68-74(87)54-48-44-38-34-30-26-20-14-8-2)70-98-64-60-76(56-50-42-24-18-12-6)104-80(89)58-52-46-40-36-32-28-22-16-10-4;;;/h75-78H,7-72H2,1-6H3,(H,93,94)(H,95,96)(H2,84,85,92);1H4;;/q;;2*+1/p-2/t75-,76-,77-,78-;;;/m1.../s1. The van der Waals surface area contributed by atoms with Crippen LogP contribution in [0.3, 0.4) is 0 Å². The Morgan fingerprint density at radius 2 is 0.532 bits per heavy atom. The Hall–Kier alpha value is -1.37. The first-order valence-electron chi connectivity index (χ1n) is 43.5. The largest absolute Gasteiger partial charge is 1.00 e. The summed E-state index contributed by atoms with van der Waals surface area (Å²) >= 11 is 0. The topological polar surface area (TPSA) is 316 Å². The van der Waals surface area contributed by atoms with Crippen LogP contribution >= 0.6 is 15.6 Å². The molecule has 2 amide bonds. The SMILES string of the molecule is C.CCCCCCCCCCCC(=O)CC(=O)O[C@H](COCC[C@@H](CCCCCCC)OC(=O)CCCCCCCCCCC)COP(=O)([O-])OCCNC(=O)NCCOP(=O)([O-])OC[C@@H](COCC[C@@H](CCCCCCC)OC(=O)CCCCCCCCCCC)OC(=O)CC(=O)CCCCCCCCCCC.[Na+].[Na+]. The molecular formula is C84H160N2Na2O21P2. The number of unbranched alkanes of at least 4 members (excludes halogenated alkanes) is 40. The summed E-state index contributed by atoms with van der Waals surface area (Å²) in [4.78, 5) is 117. The van der Waals surface area contributed by atoms with Gasteiger partial charge in [-0.2, -0.15) is 0 Å². The molecule has 644 valence electrons. The Morgan fingerprint density at radius 3 is 0.811 bits per heavy atom. The van der Waals surface area contributed by atoms with E-state index in [9.17, 15) is 52.5 Å². The van der Waals surface area contributed by atoms with E-state index in [2.05, 4.69) is 52.2 Å². The Kier molecular flexibility index (Phi) is 88.9. The molecule has 0 rings (SSSR count). The third kappa shape index (κ3) is 82.1. The first kappa shape index (κ1) is 116. The van der Waals surface area contributed by atoms with Crippen LogP contribution in [0.4, 0.5) is 4.79 Å². The van der Waals surface area contributed by atoms with Gasteiger partial charge in [0.15, 0.2) is 0 Å². The van der Waals surface area contributed by atoms with Crippen LogP contribution in [0.1, 0.15) is 409 Å². The molecule has 0 aliphatic heterocycles. The molecule has 0 radical (unpaired) electrons. The number of hydrogen-bond acceptors (Lipinski definition) is 21. The normalized spacial score (nSPS) is 13.4. The van der Waals surface area contributed by atoms with Gasteiger partial charge in [0.1, 0.15) is 48.8 Å². The van der Waals surface area contributed by atoms with Crippen molar-refractivity contribution >= 4 is 57.1 Å². The predicted molar refractivity (Wildman–Crippen MR) is 431 cm³/mol. The molecule has 0 fully saturated rings. The maximum Gasteiger partial charge on any atom is 1.00 e. The number of nitrogens with one attached hydrogen (secondary N) is 2. The summed E-state index contributed by atoms with van der Waals surface area (Å²) in [5.74, 6) is -2.85. The summed E-state index contributed by atoms with van der Waals surface area (Å²) in [5, 5.41) is 4.77. The van der Waals surface area contributed by atoms with E-state index in [0.717, 1.165) is 167 Å². The number of amides is 2. The quantitative estimate of drug-likeness (QED) is 0.0143. The first-order chi connectivity index (χ1) is 52.3. The molecule has 0 bridgehead atoms. The number of carbonyl (C=O) groups is 7. The predicted octanol–water partition coefficient (Wildman–Crippen LogP) is 14.7. The van der Waals surface area contributed by atoms with Crippen LogP contribution in [0.25, 0.3) is 0 Å². The number of phosphoric ester groups is 2. The van der Waals surface area contributed by atoms with Crippen LogP contribution in [0.5, 0.6) is 0 Å². The van der Waals surface area contributed by atoms with Crippen molar-refractivity contribution in [2.24, 2.45) is 0 Å². The zero-order chi connectivity index (χ0) is 79.5. The summed E-state index contributed by atoms with van der Waals surface area (Å²) in [6, 6.07) is -0.835. The van der Waals surface area contributed by atoms with E-state index in [-0.39, 0.29) is 142 Å². The number of hydrogen-bond donors (Lipinski definition) is 2. The second-order valence-corrected chi connectivity index (χ2v) is 32.5. The minimum absolute atomic E-state index is 0. The van der Waals surface area contributed by atoms with Gasteiger partial charge in [-0.05, 0) is 51.4 Å². The molecule has 6 atom stereocenters. The molecule has 0 aromatic carbocycles. The van der Waals surface area contributed by atoms with Gasteiger partial charge in [-0.25, -0.2) is 4.79 Å². The number of rotatable bonds is 84. The van der Waals surface area contributed by atoms with Crippen molar-refractivity contribution in [2.45, 2.75) is 433 Å². The van der Waals surface area contributed by atoms with Gasteiger partial charge in [0.25, 0.3) is 15.6 Å². The number of urea groups is 1. The molecule has 111 heavy (non-hydrogen) atoms. The second-order valence-electron chi connectivity index (χ2n) is 29.7. The Labute approximate surface area is 719 Å². The van der Waals surface area contributed by atoms with Crippen LogP contribution in [-0.2, 0) is 84.4 Å². The van der Waals surface area contributed by atoms with Crippen molar-refractivity contribution in [1.82, 2.24) is 10.6 Å². The minimum Gasteiger partial charge on any atom is -0.756 e. The third-order valence-electron chi connectivity index (χ3n) is 19.1. The first-order valence-corrected chi connectivity index (χ1v) is 46.4. The molecule has 0 aromatic heterocycles. The van der Waals surface area contributed by atoms with Gasteiger partial charge in [-0.3, -0.25) is 37.9 Å². The molecule has 0 aliphatic rings. The second kappa shape index (κ2) is 85.1. The molecule has 27 heteroatoms. The molecule has 0 saturated carbocycles. The number of ketones is 2. The Bertz CT molecular complexity index is 2130. The molecular weight excluding hydrogens is 1480 g/mol. The molecule has 2 unspecified atom stereocenters. The van der Waals surface area contributed by atoms with Crippen LogP contribution in [0.2, 0.25) is 0 Å². The van der Waals surface area contributed by atoms with Crippen molar-refractivity contribution in [1.29, 1.82) is 0 Å². The maximum atomic E-state index is 13.1. The summed E-state index contributed by atoms with van der Waals surface area (Å²) in [6.45, 7) is 9.33. The monoisotopic (exact) mass is 1640 g/mol. The fraction of sp³-hybridized carbons (Fsp3) is 0.917. The van der Waals surface area contributed by atoms with Gasteiger partial charge < -0.3 is 66.9 Å². The zero-order valence-electron chi connectivity index (χ0n) is 70.9. The van der Waals surface area contributed by atoms with Crippen LogP contribution in [-0.4, -0.2) is 132 Å². The van der Waals surface area contributed by atoms with E-state index in [0.29, 0.717) is 51.4 Å². The number of phosphoric acid groups is 2. The molecule has 0 heterocycles. The van der Waals surface area contributed by atoms with Crippen molar-refractivity contribution in [3.63, 3.8) is 0 Å². The van der Waals surface area contributed by atoms with E-state index < -0.39 is 97.3 Å². The Morgan fingerprint density at radius 1 is 0.288 bits per heavy atom. The molecule has 0 saturated heterocycles. The van der Waals surface area contributed by atoms with Crippen molar-refractivity contribution < 1.29 is 158 Å². The summed E-state index contributed by atoms with van der Waals surface area (Å²) in [5.41, 5.74) is 0.